The molecule has 0 aliphatic carbocycles. The first kappa shape index (κ1) is 32.5. The summed E-state index contributed by atoms with van der Waals surface area (Å²) >= 11 is 1.35. The molecule has 12 heteroatoms. The van der Waals surface area contributed by atoms with E-state index < -0.39 is 17.7 Å². The molecule has 0 bridgehead atoms. The van der Waals surface area contributed by atoms with E-state index in [2.05, 4.69) is 35.6 Å². The van der Waals surface area contributed by atoms with Crippen molar-refractivity contribution in [2.24, 2.45) is 11.8 Å². The molecule has 3 heterocycles. The number of rotatable bonds is 12. The Labute approximate surface area is 254 Å². The van der Waals surface area contributed by atoms with Gasteiger partial charge in [0.2, 0.25) is 0 Å². The van der Waals surface area contributed by atoms with Gasteiger partial charge < -0.3 is 10.0 Å². The lowest BCUT2D eigenvalue weighted by Crippen LogP contribution is -2.36. The summed E-state index contributed by atoms with van der Waals surface area (Å²) in [4.78, 5) is 42.9. The second kappa shape index (κ2) is 13.9. The van der Waals surface area contributed by atoms with Crippen molar-refractivity contribution in [1.29, 1.82) is 0 Å². The van der Waals surface area contributed by atoms with Gasteiger partial charge in [-0.2, -0.15) is 13.2 Å². The minimum atomic E-state index is -4.49. The van der Waals surface area contributed by atoms with Crippen LogP contribution in [0, 0.1) is 18.8 Å². The summed E-state index contributed by atoms with van der Waals surface area (Å²) in [5.41, 5.74) is 0.458. The molecule has 4 rings (SSSR count). The largest absolute Gasteiger partial charge is 0.481 e. The van der Waals surface area contributed by atoms with Crippen molar-refractivity contribution in [3.63, 3.8) is 0 Å². The zero-order chi connectivity index (χ0) is 31.3. The van der Waals surface area contributed by atoms with Crippen LogP contribution in [0.1, 0.15) is 71.5 Å². The molecule has 0 spiro atoms. The summed E-state index contributed by atoms with van der Waals surface area (Å²) in [6.07, 6.45) is 0.365. The van der Waals surface area contributed by atoms with Crippen molar-refractivity contribution >= 4 is 28.9 Å². The fourth-order valence-corrected chi connectivity index (χ4v) is 6.50. The van der Waals surface area contributed by atoms with Crippen molar-refractivity contribution in [2.75, 3.05) is 31.1 Å². The summed E-state index contributed by atoms with van der Waals surface area (Å²) in [6.45, 7) is 11.1. The quantitative estimate of drug-likeness (QED) is 0.229. The molecule has 2 aromatic heterocycles. The number of hydrogen-bond donors (Lipinski definition) is 1. The Morgan fingerprint density at radius 2 is 1.88 bits per heavy atom. The van der Waals surface area contributed by atoms with E-state index in [9.17, 15) is 27.9 Å². The SMILES string of the molecule is CCCN(Cc1sc(CC(=O)c2cnc(N3CCC(C(=O)O)CC3)cn2)nc1-c1ccc(C)c(C(F)(F)F)c1)CC(C)C. The summed E-state index contributed by atoms with van der Waals surface area (Å²) in [6, 6.07) is 4.27. The number of carboxylic acids is 1. The van der Waals surface area contributed by atoms with Crippen LogP contribution in [0.2, 0.25) is 0 Å². The van der Waals surface area contributed by atoms with E-state index in [0.717, 1.165) is 30.5 Å². The molecule has 0 saturated carbocycles. The van der Waals surface area contributed by atoms with Gasteiger partial charge in [-0.1, -0.05) is 32.9 Å². The van der Waals surface area contributed by atoms with E-state index in [4.69, 9.17) is 4.98 Å². The Balaban J connectivity index is 1.57. The maximum absolute atomic E-state index is 13.8. The van der Waals surface area contributed by atoms with Crippen LogP contribution in [0.5, 0.6) is 0 Å². The molecule has 232 valence electrons. The third-order valence-electron chi connectivity index (χ3n) is 7.49. The summed E-state index contributed by atoms with van der Waals surface area (Å²) in [7, 11) is 0. The number of piperidine rings is 1. The first-order chi connectivity index (χ1) is 20.3. The highest BCUT2D eigenvalue weighted by molar-refractivity contribution is 7.12. The van der Waals surface area contributed by atoms with Crippen LogP contribution in [0.25, 0.3) is 11.3 Å². The van der Waals surface area contributed by atoms with Gasteiger partial charge in [0.15, 0.2) is 5.78 Å². The number of carboxylic acid groups (broad SMARTS) is 1. The molecule has 1 aromatic carbocycles. The van der Waals surface area contributed by atoms with E-state index in [1.165, 1.54) is 36.7 Å². The Morgan fingerprint density at radius 1 is 1.16 bits per heavy atom. The molecule has 0 amide bonds. The minimum absolute atomic E-state index is 0.0500. The number of benzene rings is 1. The fraction of sp³-hybridized carbons (Fsp3) is 0.516. The Hall–Kier alpha value is -3.38. The van der Waals surface area contributed by atoms with Crippen molar-refractivity contribution in [3.8, 4) is 11.3 Å². The average molecular weight is 618 g/mol. The fourth-order valence-electron chi connectivity index (χ4n) is 5.37. The van der Waals surface area contributed by atoms with E-state index in [1.807, 2.05) is 4.90 Å². The molecule has 3 aromatic rings. The predicted octanol–water partition coefficient (Wildman–Crippen LogP) is 6.52. The number of Topliss-reactive ketones (excluding diaryl/α,β-unsaturated/α-hetero) is 1. The molecule has 0 radical (unpaired) electrons. The van der Waals surface area contributed by atoms with Crippen molar-refractivity contribution in [2.45, 2.75) is 66.1 Å². The summed E-state index contributed by atoms with van der Waals surface area (Å²) in [5.74, 6) is -0.452. The third kappa shape index (κ3) is 8.38. The Bertz CT molecular complexity index is 1420. The Morgan fingerprint density at radius 3 is 2.47 bits per heavy atom. The first-order valence-electron chi connectivity index (χ1n) is 14.6. The number of aromatic nitrogens is 3. The van der Waals surface area contributed by atoms with Crippen LogP contribution in [0.3, 0.4) is 0 Å². The van der Waals surface area contributed by atoms with Gasteiger partial charge in [0.1, 0.15) is 16.5 Å². The highest BCUT2D eigenvalue weighted by Gasteiger charge is 2.33. The number of aliphatic carboxylic acids is 1. The normalized spacial score (nSPS) is 14.6. The maximum Gasteiger partial charge on any atom is 0.416 e. The van der Waals surface area contributed by atoms with Crippen molar-refractivity contribution in [3.05, 3.63) is 57.3 Å². The number of halogens is 3. The van der Waals surface area contributed by atoms with Gasteiger partial charge in [0, 0.05) is 36.6 Å². The van der Waals surface area contributed by atoms with Gasteiger partial charge in [-0.25, -0.2) is 15.0 Å². The number of ketones is 1. The van der Waals surface area contributed by atoms with Crippen LogP contribution >= 0.6 is 11.3 Å². The third-order valence-corrected chi connectivity index (χ3v) is 8.53. The molecule has 0 unspecified atom stereocenters. The van der Waals surface area contributed by atoms with Gasteiger partial charge in [-0.3, -0.25) is 14.5 Å². The molecule has 1 aliphatic heterocycles. The predicted molar refractivity (Wildman–Crippen MR) is 160 cm³/mol. The number of anilines is 1. The van der Waals surface area contributed by atoms with Crippen molar-refractivity contribution in [1.82, 2.24) is 19.9 Å². The lowest BCUT2D eigenvalue weighted by Gasteiger charge is -2.30. The molecule has 43 heavy (non-hydrogen) atoms. The lowest BCUT2D eigenvalue weighted by atomic mass is 9.97. The monoisotopic (exact) mass is 617 g/mol. The average Bonchev–Trinajstić information content (AvgIpc) is 3.34. The van der Waals surface area contributed by atoms with Gasteiger partial charge in [-0.05, 0) is 50.3 Å². The molecular formula is C31H38F3N5O3S. The molecule has 0 atom stereocenters. The number of alkyl halides is 3. The number of carbonyl (C=O) groups is 2. The molecular weight excluding hydrogens is 579 g/mol. The van der Waals surface area contributed by atoms with E-state index in [-0.39, 0.29) is 29.4 Å². The lowest BCUT2D eigenvalue weighted by molar-refractivity contribution is -0.142. The van der Waals surface area contributed by atoms with Crippen molar-refractivity contribution < 1.29 is 27.9 Å². The van der Waals surface area contributed by atoms with Crippen LogP contribution < -0.4 is 4.90 Å². The van der Waals surface area contributed by atoms with Crippen LogP contribution in [-0.2, 0) is 23.9 Å². The smallest absolute Gasteiger partial charge is 0.416 e. The summed E-state index contributed by atoms with van der Waals surface area (Å²) < 4.78 is 41.3. The minimum Gasteiger partial charge on any atom is -0.481 e. The molecule has 1 fully saturated rings. The maximum atomic E-state index is 13.8. The van der Waals surface area contributed by atoms with Crippen LogP contribution in [0.4, 0.5) is 19.0 Å². The van der Waals surface area contributed by atoms with Gasteiger partial charge in [0.25, 0.3) is 0 Å². The van der Waals surface area contributed by atoms with Crippen LogP contribution in [0.15, 0.2) is 30.6 Å². The summed E-state index contributed by atoms with van der Waals surface area (Å²) in [5, 5.41) is 9.72. The topological polar surface area (TPSA) is 99.5 Å². The Kier molecular flexibility index (Phi) is 10.5. The van der Waals surface area contributed by atoms with Gasteiger partial charge >= 0.3 is 12.1 Å². The molecule has 1 N–H and O–H groups in total. The number of hydrogen-bond acceptors (Lipinski definition) is 8. The van der Waals surface area contributed by atoms with Crippen LogP contribution in [-0.4, -0.2) is 62.9 Å². The number of carbonyl (C=O) groups excluding carboxylic acids is 1. The zero-order valence-corrected chi connectivity index (χ0v) is 25.8. The van der Waals surface area contributed by atoms with E-state index in [1.54, 1.807) is 6.07 Å². The van der Waals surface area contributed by atoms with Gasteiger partial charge in [-0.15, -0.1) is 11.3 Å². The van der Waals surface area contributed by atoms with E-state index in [0.29, 0.717) is 60.5 Å². The number of thiazole rings is 1. The number of nitrogens with zero attached hydrogens (tertiary/aromatic N) is 5. The highest BCUT2D eigenvalue weighted by atomic mass is 32.1. The zero-order valence-electron chi connectivity index (χ0n) is 24.9. The highest BCUT2D eigenvalue weighted by Crippen LogP contribution is 2.37. The first-order valence-corrected chi connectivity index (χ1v) is 15.4. The molecule has 1 aliphatic rings. The second-order valence-corrected chi connectivity index (χ2v) is 12.7. The standard InChI is InChI=1S/C31H38F3N5O3S/c1-5-10-38(17-19(2)3)18-26-29(22-7-6-20(4)23(13-22)31(32,33)34)37-28(43-26)14-25(40)24-15-36-27(16-35-24)39-11-8-21(9-12-39)30(41)42/h6-7,13,15-16,19,21H,5,8-12,14,17-18H2,1-4H3,(H,41,42). The molecule has 8 nitrogen and oxygen atoms in total. The second-order valence-electron chi connectivity index (χ2n) is 11.5. The van der Waals surface area contributed by atoms with Gasteiger partial charge in [0.05, 0.1) is 36.0 Å². The number of aryl methyl sites for hydroxylation is 1. The van der Waals surface area contributed by atoms with E-state index >= 15 is 0 Å². The molecule has 1 saturated heterocycles.